The largest absolute Gasteiger partial charge is 0.335 e. The molecule has 122 valence electrons. The van der Waals surface area contributed by atoms with E-state index in [1.54, 1.807) is 0 Å². The van der Waals surface area contributed by atoms with E-state index in [9.17, 15) is 4.79 Å². The normalized spacial score (nSPS) is 18.2. The lowest BCUT2D eigenvalue weighted by Gasteiger charge is -2.32. The summed E-state index contributed by atoms with van der Waals surface area (Å²) in [6.07, 6.45) is 3.83. The minimum atomic E-state index is -0.0376. The number of carbonyl (C=O) groups excluding carboxylic acids is 1. The van der Waals surface area contributed by atoms with E-state index in [2.05, 4.69) is 40.4 Å². The summed E-state index contributed by atoms with van der Waals surface area (Å²) in [6.45, 7) is 9.16. The molecule has 1 aliphatic rings. The number of rotatable bonds is 5. The van der Waals surface area contributed by atoms with Gasteiger partial charge in [-0.15, -0.1) is 0 Å². The van der Waals surface area contributed by atoms with Crippen LogP contribution in [0, 0.1) is 5.92 Å². The van der Waals surface area contributed by atoms with Crippen LogP contribution in [-0.4, -0.2) is 41.1 Å². The van der Waals surface area contributed by atoms with Gasteiger partial charge in [-0.25, -0.2) is 4.79 Å². The molecule has 1 aromatic heterocycles. The van der Waals surface area contributed by atoms with Gasteiger partial charge in [-0.2, -0.15) is 0 Å². The van der Waals surface area contributed by atoms with Crippen molar-refractivity contribution in [2.24, 2.45) is 5.92 Å². The van der Waals surface area contributed by atoms with E-state index in [0.29, 0.717) is 5.92 Å². The Morgan fingerprint density at radius 3 is 2.64 bits per heavy atom. The van der Waals surface area contributed by atoms with Crippen molar-refractivity contribution in [1.29, 1.82) is 0 Å². The van der Waals surface area contributed by atoms with E-state index in [-0.39, 0.29) is 18.1 Å². The number of likely N-dealkylation sites (tertiary alicyclic amines) is 1. The molecule has 2 rings (SSSR count). The first-order valence-electron chi connectivity index (χ1n) is 8.24. The zero-order valence-corrected chi connectivity index (χ0v) is 13.9. The van der Waals surface area contributed by atoms with Gasteiger partial charge in [0.1, 0.15) is 0 Å². The van der Waals surface area contributed by atoms with Crippen molar-refractivity contribution < 1.29 is 4.79 Å². The molecule has 0 radical (unpaired) electrons. The lowest BCUT2D eigenvalue weighted by molar-refractivity contribution is 0.183. The maximum Gasteiger partial charge on any atom is 0.315 e. The van der Waals surface area contributed by atoms with E-state index in [0.717, 1.165) is 38.2 Å². The molecule has 0 aromatic carbocycles. The fraction of sp³-hybridized carbons (Fsp3) is 0.647. The topological polar surface area (TPSA) is 57.3 Å². The van der Waals surface area contributed by atoms with E-state index in [1.807, 2.05) is 25.3 Å². The van der Waals surface area contributed by atoms with Crippen molar-refractivity contribution in [1.82, 2.24) is 20.5 Å². The number of piperidine rings is 1. The van der Waals surface area contributed by atoms with E-state index in [1.165, 1.54) is 0 Å². The van der Waals surface area contributed by atoms with Crippen LogP contribution in [-0.2, 0) is 6.54 Å². The van der Waals surface area contributed by atoms with Gasteiger partial charge in [-0.1, -0.05) is 19.9 Å². The molecule has 1 fully saturated rings. The zero-order chi connectivity index (χ0) is 15.9. The first-order chi connectivity index (χ1) is 10.5. The molecule has 0 bridgehead atoms. The highest BCUT2D eigenvalue weighted by Gasteiger charge is 2.21. The fourth-order valence-corrected chi connectivity index (χ4v) is 2.56. The van der Waals surface area contributed by atoms with Crippen molar-refractivity contribution in [3.63, 3.8) is 0 Å². The van der Waals surface area contributed by atoms with Crippen molar-refractivity contribution in [2.75, 3.05) is 13.1 Å². The molecule has 1 saturated heterocycles. The van der Waals surface area contributed by atoms with Gasteiger partial charge in [-0.3, -0.25) is 9.88 Å². The molecule has 1 atom stereocenters. The summed E-state index contributed by atoms with van der Waals surface area (Å²) >= 11 is 0. The summed E-state index contributed by atoms with van der Waals surface area (Å²) < 4.78 is 0. The number of nitrogens with zero attached hydrogens (tertiary/aromatic N) is 2. The predicted octanol–water partition coefficient (Wildman–Crippen LogP) is 2.39. The molecular weight excluding hydrogens is 276 g/mol. The van der Waals surface area contributed by atoms with Crippen molar-refractivity contribution in [3.8, 4) is 0 Å². The SMILES string of the molecule is CC(C)C(C)NC(=O)NC1CCN(Cc2ccccn2)CC1. The van der Waals surface area contributed by atoms with Crippen LogP contribution in [0.1, 0.15) is 39.3 Å². The van der Waals surface area contributed by atoms with Gasteiger partial charge in [0.25, 0.3) is 0 Å². The molecular formula is C17H28N4O. The first kappa shape index (κ1) is 16.7. The minimum absolute atomic E-state index is 0.0376. The summed E-state index contributed by atoms with van der Waals surface area (Å²) in [5.41, 5.74) is 1.11. The third-order valence-corrected chi connectivity index (χ3v) is 4.39. The van der Waals surface area contributed by atoms with Gasteiger partial charge < -0.3 is 10.6 Å². The van der Waals surface area contributed by atoms with Crippen LogP contribution in [0.5, 0.6) is 0 Å². The Bertz CT molecular complexity index is 455. The third kappa shape index (κ3) is 5.30. The summed E-state index contributed by atoms with van der Waals surface area (Å²) in [7, 11) is 0. The van der Waals surface area contributed by atoms with Gasteiger partial charge in [0.2, 0.25) is 0 Å². The van der Waals surface area contributed by atoms with Gasteiger partial charge >= 0.3 is 6.03 Å². The van der Waals surface area contributed by atoms with Crippen molar-refractivity contribution in [2.45, 2.75) is 52.2 Å². The Morgan fingerprint density at radius 1 is 1.32 bits per heavy atom. The zero-order valence-electron chi connectivity index (χ0n) is 13.9. The van der Waals surface area contributed by atoms with E-state index < -0.39 is 0 Å². The van der Waals surface area contributed by atoms with E-state index in [4.69, 9.17) is 0 Å². The Balaban J connectivity index is 1.70. The Hall–Kier alpha value is -1.62. The average Bonchev–Trinajstić information content (AvgIpc) is 2.50. The number of nitrogens with one attached hydrogen (secondary N) is 2. The molecule has 1 unspecified atom stereocenters. The van der Waals surface area contributed by atoms with Gasteiger partial charge in [0.15, 0.2) is 0 Å². The molecule has 0 aliphatic carbocycles. The molecule has 0 spiro atoms. The lowest BCUT2D eigenvalue weighted by atomic mass is 10.0. The molecule has 2 heterocycles. The summed E-state index contributed by atoms with van der Waals surface area (Å²) in [5, 5.41) is 6.10. The molecule has 2 N–H and O–H groups in total. The van der Waals surface area contributed by atoms with Crippen LogP contribution in [0.3, 0.4) is 0 Å². The number of pyridine rings is 1. The quantitative estimate of drug-likeness (QED) is 0.878. The number of amides is 2. The standard InChI is InChI=1S/C17H28N4O/c1-13(2)14(3)19-17(22)20-15-7-10-21(11-8-15)12-16-6-4-5-9-18-16/h4-6,9,13-15H,7-8,10-12H2,1-3H3,(H2,19,20,22). The molecule has 1 aliphatic heterocycles. The first-order valence-corrected chi connectivity index (χ1v) is 8.24. The maximum absolute atomic E-state index is 12.0. The molecule has 5 heteroatoms. The van der Waals surface area contributed by atoms with Crippen LogP contribution in [0.25, 0.3) is 0 Å². The fourth-order valence-electron chi connectivity index (χ4n) is 2.56. The molecule has 2 amide bonds. The highest BCUT2D eigenvalue weighted by atomic mass is 16.2. The number of carbonyl (C=O) groups is 1. The van der Waals surface area contributed by atoms with Crippen LogP contribution < -0.4 is 10.6 Å². The van der Waals surface area contributed by atoms with Crippen molar-refractivity contribution >= 4 is 6.03 Å². The second-order valence-electron chi connectivity index (χ2n) is 6.52. The monoisotopic (exact) mass is 304 g/mol. The second-order valence-corrected chi connectivity index (χ2v) is 6.52. The third-order valence-electron chi connectivity index (χ3n) is 4.39. The summed E-state index contributed by atoms with van der Waals surface area (Å²) in [5.74, 6) is 0.450. The number of aromatic nitrogens is 1. The van der Waals surface area contributed by atoms with Gasteiger partial charge in [0.05, 0.1) is 5.69 Å². The Kier molecular flexibility index (Phi) is 6.19. The van der Waals surface area contributed by atoms with Crippen LogP contribution in [0.2, 0.25) is 0 Å². The molecule has 0 saturated carbocycles. The minimum Gasteiger partial charge on any atom is -0.335 e. The predicted molar refractivity (Wildman–Crippen MR) is 88.5 cm³/mol. The van der Waals surface area contributed by atoms with Gasteiger partial charge in [-0.05, 0) is 37.8 Å². The molecule has 1 aromatic rings. The smallest absolute Gasteiger partial charge is 0.315 e. The lowest BCUT2D eigenvalue weighted by Crippen LogP contribution is -2.50. The van der Waals surface area contributed by atoms with Crippen LogP contribution in [0.4, 0.5) is 4.79 Å². The van der Waals surface area contributed by atoms with E-state index >= 15 is 0 Å². The summed E-state index contributed by atoms with van der Waals surface area (Å²) in [6, 6.07) is 6.46. The van der Waals surface area contributed by atoms with Crippen molar-refractivity contribution in [3.05, 3.63) is 30.1 Å². The Labute approximate surface area is 133 Å². The number of hydrogen-bond donors (Lipinski definition) is 2. The summed E-state index contributed by atoms with van der Waals surface area (Å²) in [4.78, 5) is 18.7. The molecule has 22 heavy (non-hydrogen) atoms. The highest BCUT2D eigenvalue weighted by molar-refractivity contribution is 5.74. The second kappa shape index (κ2) is 8.13. The Morgan fingerprint density at radius 2 is 2.05 bits per heavy atom. The average molecular weight is 304 g/mol. The molecule has 5 nitrogen and oxygen atoms in total. The van der Waals surface area contributed by atoms with Crippen LogP contribution >= 0.6 is 0 Å². The van der Waals surface area contributed by atoms with Crippen LogP contribution in [0.15, 0.2) is 24.4 Å². The number of hydrogen-bond acceptors (Lipinski definition) is 3. The van der Waals surface area contributed by atoms with Gasteiger partial charge in [0, 0.05) is 37.9 Å². The highest BCUT2D eigenvalue weighted by Crippen LogP contribution is 2.13. The maximum atomic E-state index is 12.0. The number of urea groups is 1.